The third-order valence-corrected chi connectivity index (χ3v) is 5.86. The number of rotatable bonds is 8. The van der Waals surface area contributed by atoms with Crippen LogP contribution in [0, 0.1) is 20.8 Å². The lowest BCUT2D eigenvalue weighted by molar-refractivity contribution is -0.142. The zero-order valence-corrected chi connectivity index (χ0v) is 19.1. The zero-order valence-electron chi connectivity index (χ0n) is 19.1. The van der Waals surface area contributed by atoms with Gasteiger partial charge in [-0.05, 0) is 69.4 Å². The Bertz CT molecular complexity index is 898. The zero-order chi connectivity index (χ0) is 22.4. The molecule has 0 saturated heterocycles. The number of carbonyl (C=O) groups excluding carboxylic acids is 2. The second kappa shape index (κ2) is 10.5. The van der Waals surface area contributed by atoms with Gasteiger partial charge in [-0.15, -0.1) is 0 Å². The first-order valence-electron chi connectivity index (χ1n) is 11.2. The highest BCUT2D eigenvalue weighted by atomic mass is 16.5. The van der Waals surface area contributed by atoms with Gasteiger partial charge in [-0.3, -0.25) is 9.59 Å². The average molecular weight is 423 g/mol. The van der Waals surface area contributed by atoms with Crippen molar-refractivity contribution in [3.63, 3.8) is 0 Å². The molecule has 1 atom stereocenters. The van der Waals surface area contributed by atoms with Crippen molar-refractivity contribution in [1.29, 1.82) is 0 Å². The molecule has 5 nitrogen and oxygen atoms in total. The number of carbonyl (C=O) groups is 2. The van der Waals surface area contributed by atoms with E-state index in [1.54, 1.807) is 11.8 Å². The first-order valence-corrected chi connectivity index (χ1v) is 11.2. The number of hydrogen-bond donors (Lipinski definition) is 1. The SMILES string of the molecule is Cc1cccc(CN(C(=O)COc2cc(C)cc(C)c2)[C@@H](C)C(=O)NC2CCCC2)c1. The molecule has 1 fully saturated rings. The number of ether oxygens (including phenoxy) is 1. The fourth-order valence-electron chi connectivity index (χ4n) is 4.23. The number of hydrogen-bond acceptors (Lipinski definition) is 3. The van der Waals surface area contributed by atoms with Crippen LogP contribution in [0.3, 0.4) is 0 Å². The molecular weight excluding hydrogens is 388 g/mol. The van der Waals surface area contributed by atoms with Crippen molar-refractivity contribution >= 4 is 11.8 Å². The minimum absolute atomic E-state index is 0.0979. The predicted molar refractivity (Wildman–Crippen MR) is 123 cm³/mol. The van der Waals surface area contributed by atoms with Crippen molar-refractivity contribution in [3.8, 4) is 5.75 Å². The van der Waals surface area contributed by atoms with Crippen molar-refractivity contribution in [2.45, 2.75) is 72.0 Å². The topological polar surface area (TPSA) is 58.6 Å². The summed E-state index contributed by atoms with van der Waals surface area (Å²) >= 11 is 0. The smallest absolute Gasteiger partial charge is 0.261 e. The molecule has 5 heteroatoms. The van der Waals surface area contributed by atoms with E-state index in [1.165, 1.54) is 0 Å². The van der Waals surface area contributed by atoms with Crippen LogP contribution in [0.25, 0.3) is 0 Å². The molecule has 1 aliphatic rings. The van der Waals surface area contributed by atoms with E-state index in [0.717, 1.165) is 47.9 Å². The fraction of sp³-hybridized carbons (Fsp3) is 0.462. The maximum atomic E-state index is 13.2. The van der Waals surface area contributed by atoms with Crippen LogP contribution in [0.2, 0.25) is 0 Å². The molecule has 2 aromatic carbocycles. The summed E-state index contributed by atoms with van der Waals surface area (Å²) in [5.41, 5.74) is 4.30. The van der Waals surface area contributed by atoms with Crippen LogP contribution in [0.5, 0.6) is 5.75 Å². The van der Waals surface area contributed by atoms with Crippen molar-refractivity contribution in [2.24, 2.45) is 0 Å². The van der Waals surface area contributed by atoms with E-state index in [4.69, 9.17) is 4.74 Å². The van der Waals surface area contributed by atoms with E-state index in [1.807, 2.05) is 57.2 Å². The summed E-state index contributed by atoms with van der Waals surface area (Å²) in [7, 11) is 0. The van der Waals surface area contributed by atoms with Crippen LogP contribution in [-0.2, 0) is 16.1 Å². The summed E-state index contributed by atoms with van der Waals surface area (Å²) in [6.07, 6.45) is 4.32. The quantitative estimate of drug-likeness (QED) is 0.683. The molecule has 0 radical (unpaired) electrons. The van der Waals surface area contributed by atoms with Crippen molar-refractivity contribution < 1.29 is 14.3 Å². The Morgan fingerprint density at radius 2 is 1.71 bits per heavy atom. The third-order valence-electron chi connectivity index (χ3n) is 5.86. The average Bonchev–Trinajstić information content (AvgIpc) is 3.22. The summed E-state index contributed by atoms with van der Waals surface area (Å²) in [5.74, 6) is 0.374. The molecule has 0 aliphatic heterocycles. The highest BCUT2D eigenvalue weighted by molar-refractivity contribution is 5.88. The molecule has 1 aliphatic carbocycles. The Hall–Kier alpha value is -2.82. The Morgan fingerprint density at radius 3 is 2.35 bits per heavy atom. The Kier molecular flexibility index (Phi) is 7.72. The second-order valence-corrected chi connectivity index (χ2v) is 8.79. The van der Waals surface area contributed by atoms with E-state index in [2.05, 4.69) is 11.4 Å². The van der Waals surface area contributed by atoms with Gasteiger partial charge in [0.15, 0.2) is 6.61 Å². The van der Waals surface area contributed by atoms with Crippen LogP contribution in [0.15, 0.2) is 42.5 Å². The molecule has 31 heavy (non-hydrogen) atoms. The first-order chi connectivity index (χ1) is 14.8. The summed E-state index contributed by atoms with van der Waals surface area (Å²) in [6, 6.07) is 13.6. The first kappa shape index (κ1) is 22.9. The van der Waals surface area contributed by atoms with E-state index in [0.29, 0.717) is 12.3 Å². The second-order valence-electron chi connectivity index (χ2n) is 8.79. The van der Waals surface area contributed by atoms with Crippen LogP contribution in [-0.4, -0.2) is 35.4 Å². The van der Waals surface area contributed by atoms with Crippen LogP contribution < -0.4 is 10.1 Å². The minimum Gasteiger partial charge on any atom is -0.484 e. The van der Waals surface area contributed by atoms with Gasteiger partial charge in [0, 0.05) is 12.6 Å². The van der Waals surface area contributed by atoms with Crippen molar-refractivity contribution in [3.05, 3.63) is 64.7 Å². The molecule has 0 heterocycles. The summed E-state index contributed by atoms with van der Waals surface area (Å²) < 4.78 is 5.81. The monoisotopic (exact) mass is 422 g/mol. The maximum Gasteiger partial charge on any atom is 0.261 e. The Labute approximate surface area is 185 Å². The lowest BCUT2D eigenvalue weighted by Gasteiger charge is -2.29. The van der Waals surface area contributed by atoms with Gasteiger partial charge in [-0.1, -0.05) is 48.7 Å². The number of aryl methyl sites for hydroxylation is 3. The largest absolute Gasteiger partial charge is 0.484 e. The van der Waals surface area contributed by atoms with Crippen LogP contribution in [0.4, 0.5) is 0 Å². The van der Waals surface area contributed by atoms with Gasteiger partial charge in [-0.25, -0.2) is 0 Å². The lowest BCUT2D eigenvalue weighted by Crippen LogP contribution is -2.50. The van der Waals surface area contributed by atoms with Crippen LogP contribution >= 0.6 is 0 Å². The summed E-state index contributed by atoms with van der Waals surface area (Å²) in [6.45, 7) is 8.10. The van der Waals surface area contributed by atoms with Crippen molar-refractivity contribution in [1.82, 2.24) is 10.2 Å². The van der Waals surface area contributed by atoms with Gasteiger partial charge < -0.3 is 15.0 Å². The standard InChI is InChI=1S/C26H34N2O3/c1-18-8-7-9-22(13-18)16-28(21(4)26(30)27-23-10-5-6-11-23)25(29)17-31-24-14-19(2)12-20(3)15-24/h7-9,12-15,21,23H,5-6,10-11,16-17H2,1-4H3,(H,27,30)/t21-/m0/s1. The van der Waals surface area contributed by atoms with E-state index >= 15 is 0 Å². The predicted octanol–water partition coefficient (Wildman–Crippen LogP) is 4.47. The molecule has 0 unspecified atom stereocenters. The highest BCUT2D eigenvalue weighted by Gasteiger charge is 2.28. The molecular formula is C26H34N2O3. The Balaban J connectivity index is 1.73. The molecule has 0 aromatic heterocycles. The molecule has 0 bridgehead atoms. The summed E-state index contributed by atoms with van der Waals surface area (Å²) in [4.78, 5) is 27.7. The van der Waals surface area contributed by atoms with Gasteiger partial charge in [0.25, 0.3) is 5.91 Å². The third kappa shape index (κ3) is 6.58. The highest BCUT2D eigenvalue weighted by Crippen LogP contribution is 2.19. The van der Waals surface area contributed by atoms with E-state index in [-0.39, 0.29) is 24.5 Å². The van der Waals surface area contributed by atoms with Gasteiger partial charge in [0.2, 0.25) is 5.91 Å². The molecule has 0 spiro atoms. The molecule has 1 N–H and O–H groups in total. The maximum absolute atomic E-state index is 13.2. The van der Waals surface area contributed by atoms with Crippen molar-refractivity contribution in [2.75, 3.05) is 6.61 Å². The molecule has 2 aromatic rings. The van der Waals surface area contributed by atoms with Gasteiger partial charge in [0.05, 0.1) is 0 Å². The van der Waals surface area contributed by atoms with Gasteiger partial charge in [-0.2, -0.15) is 0 Å². The number of amides is 2. The normalized spacial score (nSPS) is 14.8. The summed E-state index contributed by atoms with van der Waals surface area (Å²) in [5, 5.41) is 3.13. The lowest BCUT2D eigenvalue weighted by atomic mass is 10.1. The molecule has 3 rings (SSSR count). The van der Waals surface area contributed by atoms with Gasteiger partial charge >= 0.3 is 0 Å². The number of benzene rings is 2. The van der Waals surface area contributed by atoms with Crippen LogP contribution in [0.1, 0.15) is 54.9 Å². The van der Waals surface area contributed by atoms with E-state index in [9.17, 15) is 9.59 Å². The molecule has 2 amide bonds. The van der Waals surface area contributed by atoms with E-state index < -0.39 is 6.04 Å². The van der Waals surface area contributed by atoms with Gasteiger partial charge in [0.1, 0.15) is 11.8 Å². The Morgan fingerprint density at radius 1 is 1.03 bits per heavy atom. The number of nitrogens with zero attached hydrogens (tertiary/aromatic N) is 1. The molecule has 166 valence electrons. The molecule has 1 saturated carbocycles. The fourth-order valence-corrected chi connectivity index (χ4v) is 4.23. The number of nitrogens with one attached hydrogen (secondary N) is 1. The minimum atomic E-state index is -0.573.